The smallest absolute Gasteiger partial charge is 0.244 e. The van der Waals surface area contributed by atoms with Gasteiger partial charge in [-0.3, -0.25) is 9.78 Å². The van der Waals surface area contributed by atoms with Gasteiger partial charge in [-0.2, -0.15) is 0 Å². The van der Waals surface area contributed by atoms with Gasteiger partial charge in [0.1, 0.15) is 5.01 Å². The van der Waals surface area contributed by atoms with Crippen molar-refractivity contribution < 1.29 is 4.79 Å². The Morgan fingerprint density at radius 3 is 3.05 bits per heavy atom. The van der Waals surface area contributed by atoms with Crippen molar-refractivity contribution in [3.05, 3.63) is 51.7 Å². The number of rotatable bonds is 4. The maximum Gasteiger partial charge on any atom is 0.244 e. The van der Waals surface area contributed by atoms with Gasteiger partial charge in [0.2, 0.25) is 5.91 Å². The maximum atomic E-state index is 12.0. The maximum absolute atomic E-state index is 12.0. The summed E-state index contributed by atoms with van der Waals surface area (Å²) in [4.78, 5) is 22.1. The molecule has 0 bridgehead atoms. The van der Waals surface area contributed by atoms with Crippen LogP contribution < -0.4 is 5.32 Å². The fourth-order valence-electron chi connectivity index (χ4n) is 2.53. The SMILES string of the molecule is C[C@@H](NC(=O)/C=C\c1cccnc1)c1nc2c(s1)CCCC2. The summed E-state index contributed by atoms with van der Waals surface area (Å²) in [6, 6.07) is 3.71. The Hall–Kier alpha value is -2.01. The fraction of sp³-hybridized carbons (Fsp3) is 0.353. The molecule has 1 atom stereocenters. The first-order chi connectivity index (χ1) is 10.7. The van der Waals surface area contributed by atoms with Gasteiger partial charge in [0.25, 0.3) is 0 Å². The molecule has 22 heavy (non-hydrogen) atoms. The number of nitrogens with one attached hydrogen (secondary N) is 1. The van der Waals surface area contributed by atoms with Crippen LogP contribution in [0, 0.1) is 0 Å². The van der Waals surface area contributed by atoms with Crippen molar-refractivity contribution in [2.24, 2.45) is 0 Å². The van der Waals surface area contributed by atoms with E-state index in [-0.39, 0.29) is 11.9 Å². The van der Waals surface area contributed by atoms with Crippen LogP contribution in [-0.2, 0) is 17.6 Å². The molecule has 1 aliphatic rings. The normalized spacial score (nSPS) is 15.5. The summed E-state index contributed by atoms with van der Waals surface area (Å²) in [7, 11) is 0. The van der Waals surface area contributed by atoms with Crippen molar-refractivity contribution in [3.63, 3.8) is 0 Å². The van der Waals surface area contributed by atoms with Gasteiger partial charge in [0, 0.05) is 23.3 Å². The van der Waals surface area contributed by atoms with E-state index in [1.54, 1.807) is 35.9 Å². The first-order valence-electron chi connectivity index (χ1n) is 7.59. The van der Waals surface area contributed by atoms with Gasteiger partial charge in [-0.1, -0.05) is 6.07 Å². The molecule has 0 saturated heterocycles. The summed E-state index contributed by atoms with van der Waals surface area (Å²) in [6.45, 7) is 1.99. The minimum atomic E-state index is -0.107. The lowest BCUT2D eigenvalue weighted by molar-refractivity contribution is -0.117. The second-order valence-corrected chi connectivity index (χ2v) is 6.59. The second kappa shape index (κ2) is 6.83. The Kier molecular flexibility index (Phi) is 4.63. The van der Waals surface area contributed by atoms with Crippen molar-refractivity contribution >= 4 is 23.3 Å². The largest absolute Gasteiger partial charge is 0.344 e. The molecule has 2 heterocycles. The summed E-state index contributed by atoms with van der Waals surface area (Å²) >= 11 is 1.74. The summed E-state index contributed by atoms with van der Waals surface area (Å²) in [6.07, 6.45) is 11.4. The Bertz CT molecular complexity index is 655. The third-order valence-corrected chi connectivity index (χ3v) is 5.04. The molecule has 1 aliphatic carbocycles. The van der Waals surface area contributed by atoms with Crippen molar-refractivity contribution in [2.75, 3.05) is 0 Å². The molecule has 114 valence electrons. The standard InChI is InChI=1S/C17H19N3OS/c1-12(17-20-14-6-2-3-7-15(14)22-17)19-16(21)9-8-13-5-4-10-18-11-13/h4-5,8-12H,2-3,6-7H2,1H3,(H,19,21)/b9-8-/t12-/m1/s1. The zero-order chi connectivity index (χ0) is 15.4. The van der Waals surface area contributed by atoms with E-state index in [4.69, 9.17) is 4.98 Å². The van der Waals surface area contributed by atoms with E-state index >= 15 is 0 Å². The number of hydrogen-bond donors (Lipinski definition) is 1. The monoisotopic (exact) mass is 313 g/mol. The number of carbonyl (C=O) groups is 1. The number of pyridine rings is 1. The molecule has 0 fully saturated rings. The van der Waals surface area contributed by atoms with Gasteiger partial charge in [-0.05, 0) is 50.3 Å². The molecule has 4 nitrogen and oxygen atoms in total. The second-order valence-electron chi connectivity index (χ2n) is 5.48. The molecule has 0 unspecified atom stereocenters. The van der Waals surface area contributed by atoms with Crippen LogP contribution >= 0.6 is 11.3 Å². The highest BCUT2D eigenvalue weighted by molar-refractivity contribution is 7.11. The predicted molar refractivity (Wildman–Crippen MR) is 88.6 cm³/mol. The number of hydrogen-bond acceptors (Lipinski definition) is 4. The third kappa shape index (κ3) is 3.60. The Morgan fingerprint density at radius 2 is 2.27 bits per heavy atom. The first kappa shape index (κ1) is 14.9. The Balaban J connectivity index is 1.61. The number of aromatic nitrogens is 2. The van der Waals surface area contributed by atoms with Gasteiger partial charge in [0.05, 0.1) is 11.7 Å². The van der Waals surface area contributed by atoms with Gasteiger partial charge in [-0.15, -0.1) is 11.3 Å². The van der Waals surface area contributed by atoms with Gasteiger partial charge < -0.3 is 5.32 Å². The minimum Gasteiger partial charge on any atom is -0.344 e. The average molecular weight is 313 g/mol. The fourth-order valence-corrected chi connectivity index (χ4v) is 3.68. The molecule has 2 aromatic heterocycles. The quantitative estimate of drug-likeness (QED) is 0.881. The first-order valence-corrected chi connectivity index (χ1v) is 8.41. The molecule has 0 aliphatic heterocycles. The third-order valence-electron chi connectivity index (χ3n) is 3.70. The minimum absolute atomic E-state index is 0.0540. The summed E-state index contributed by atoms with van der Waals surface area (Å²) in [5, 5.41) is 3.99. The number of fused-ring (bicyclic) bond motifs is 1. The van der Waals surface area contributed by atoms with Crippen LogP contribution in [0.5, 0.6) is 0 Å². The lowest BCUT2D eigenvalue weighted by Gasteiger charge is -2.08. The lowest BCUT2D eigenvalue weighted by Crippen LogP contribution is -2.24. The molecule has 1 N–H and O–H groups in total. The van der Waals surface area contributed by atoms with Crippen LogP contribution in [0.25, 0.3) is 6.08 Å². The van der Waals surface area contributed by atoms with E-state index in [0.29, 0.717) is 0 Å². The van der Waals surface area contributed by atoms with E-state index in [1.165, 1.54) is 23.4 Å². The van der Waals surface area contributed by atoms with Crippen molar-refractivity contribution in [3.8, 4) is 0 Å². The van der Waals surface area contributed by atoms with Crippen LogP contribution in [0.3, 0.4) is 0 Å². The molecular weight excluding hydrogens is 294 g/mol. The number of amides is 1. The topological polar surface area (TPSA) is 54.9 Å². The highest BCUT2D eigenvalue weighted by atomic mass is 32.1. The average Bonchev–Trinajstić information content (AvgIpc) is 2.98. The highest BCUT2D eigenvalue weighted by Gasteiger charge is 2.18. The molecule has 2 aromatic rings. The van der Waals surface area contributed by atoms with Gasteiger partial charge in [0.15, 0.2) is 0 Å². The van der Waals surface area contributed by atoms with Gasteiger partial charge >= 0.3 is 0 Å². The van der Waals surface area contributed by atoms with Crippen LogP contribution in [0.1, 0.15) is 46.9 Å². The van der Waals surface area contributed by atoms with Crippen LogP contribution in [0.15, 0.2) is 30.6 Å². The van der Waals surface area contributed by atoms with Crippen molar-refractivity contribution in [2.45, 2.75) is 38.6 Å². The highest BCUT2D eigenvalue weighted by Crippen LogP contribution is 2.29. The Labute approximate surface area is 134 Å². The van der Waals surface area contributed by atoms with Crippen LogP contribution in [-0.4, -0.2) is 15.9 Å². The molecule has 1 amide bonds. The van der Waals surface area contributed by atoms with E-state index in [0.717, 1.165) is 23.4 Å². The lowest BCUT2D eigenvalue weighted by atomic mass is 10.0. The Morgan fingerprint density at radius 1 is 1.41 bits per heavy atom. The van der Waals surface area contributed by atoms with Crippen LogP contribution in [0.2, 0.25) is 0 Å². The summed E-state index contributed by atoms with van der Waals surface area (Å²) in [5.74, 6) is -0.107. The van der Waals surface area contributed by atoms with E-state index in [9.17, 15) is 4.79 Å². The van der Waals surface area contributed by atoms with E-state index in [1.807, 2.05) is 19.1 Å². The summed E-state index contributed by atoms with van der Waals surface area (Å²) in [5.41, 5.74) is 2.15. The van der Waals surface area contributed by atoms with Gasteiger partial charge in [-0.25, -0.2) is 4.98 Å². The van der Waals surface area contributed by atoms with E-state index < -0.39 is 0 Å². The molecule has 0 aromatic carbocycles. The molecule has 3 rings (SSSR count). The zero-order valence-corrected chi connectivity index (χ0v) is 13.4. The van der Waals surface area contributed by atoms with Crippen LogP contribution in [0.4, 0.5) is 0 Å². The molecule has 5 heteroatoms. The number of aryl methyl sites for hydroxylation is 2. The van der Waals surface area contributed by atoms with Crippen molar-refractivity contribution in [1.29, 1.82) is 0 Å². The number of carbonyl (C=O) groups excluding carboxylic acids is 1. The molecule has 0 radical (unpaired) electrons. The number of nitrogens with zero attached hydrogens (tertiary/aromatic N) is 2. The molecule has 0 spiro atoms. The summed E-state index contributed by atoms with van der Waals surface area (Å²) < 4.78 is 0. The molecular formula is C17H19N3OS. The zero-order valence-electron chi connectivity index (χ0n) is 12.6. The van der Waals surface area contributed by atoms with Crippen molar-refractivity contribution in [1.82, 2.24) is 15.3 Å². The van der Waals surface area contributed by atoms with E-state index in [2.05, 4.69) is 10.3 Å². The molecule has 0 saturated carbocycles. The predicted octanol–water partition coefficient (Wildman–Crippen LogP) is 3.31. The number of thiazole rings is 1.